The van der Waals surface area contributed by atoms with Gasteiger partial charge in [-0.15, -0.1) is 0 Å². The number of Topliss-reactive ketones (excluding diaryl/α,β-unsaturated/α-hetero) is 1. The number of imidazole rings is 1. The molecule has 0 fully saturated rings. The number of fused-ring (bicyclic) bond motifs is 1. The number of anilines is 1. The van der Waals surface area contributed by atoms with Crippen molar-refractivity contribution < 1.29 is 14.3 Å². The maximum Gasteiger partial charge on any atom is 0.159 e. The molecule has 4 rings (SSSR count). The van der Waals surface area contributed by atoms with Crippen molar-refractivity contribution in [3.63, 3.8) is 0 Å². The standard InChI is InChI=1S/C25H25N3O3/c1-15-10-21(11-16(2)25(15)26)31-20-8-9-22-23(13-20)28(4)24(27-22)14-30-19-7-5-6-18(12-19)17(3)29/h5-13H,14,26H2,1-4H3. The number of nitrogens with two attached hydrogens (primary N) is 1. The quantitative estimate of drug-likeness (QED) is 0.339. The topological polar surface area (TPSA) is 79.4 Å². The van der Waals surface area contributed by atoms with E-state index in [9.17, 15) is 4.79 Å². The van der Waals surface area contributed by atoms with Crippen molar-refractivity contribution in [2.75, 3.05) is 5.73 Å². The zero-order valence-electron chi connectivity index (χ0n) is 18.1. The molecule has 1 heterocycles. The van der Waals surface area contributed by atoms with Crippen molar-refractivity contribution in [2.45, 2.75) is 27.4 Å². The van der Waals surface area contributed by atoms with Gasteiger partial charge in [0.2, 0.25) is 0 Å². The minimum atomic E-state index is 0.00667. The molecule has 0 saturated carbocycles. The highest BCUT2D eigenvalue weighted by Crippen LogP contribution is 2.30. The number of ether oxygens (including phenoxy) is 2. The number of ketones is 1. The van der Waals surface area contributed by atoms with Gasteiger partial charge in [-0.05, 0) is 68.3 Å². The molecule has 1 aromatic heterocycles. The molecule has 158 valence electrons. The molecule has 0 saturated heterocycles. The van der Waals surface area contributed by atoms with Crippen molar-refractivity contribution in [1.29, 1.82) is 0 Å². The third-order valence-electron chi connectivity index (χ3n) is 5.36. The van der Waals surface area contributed by atoms with Crippen molar-refractivity contribution in [1.82, 2.24) is 9.55 Å². The van der Waals surface area contributed by atoms with E-state index in [2.05, 4.69) is 4.98 Å². The van der Waals surface area contributed by atoms with Crippen molar-refractivity contribution in [3.05, 3.63) is 77.1 Å². The number of hydrogen-bond acceptors (Lipinski definition) is 5. The first kappa shape index (κ1) is 20.5. The third-order valence-corrected chi connectivity index (χ3v) is 5.36. The maximum absolute atomic E-state index is 11.6. The first-order valence-corrected chi connectivity index (χ1v) is 10.1. The van der Waals surface area contributed by atoms with Crippen LogP contribution in [0.25, 0.3) is 11.0 Å². The van der Waals surface area contributed by atoms with Gasteiger partial charge in [0, 0.05) is 24.4 Å². The van der Waals surface area contributed by atoms with Crippen LogP contribution in [0.1, 0.15) is 34.2 Å². The third kappa shape index (κ3) is 4.23. The van der Waals surface area contributed by atoms with Gasteiger partial charge in [-0.25, -0.2) is 4.98 Å². The highest BCUT2D eigenvalue weighted by molar-refractivity contribution is 5.94. The Kier molecular flexibility index (Phi) is 5.38. The van der Waals surface area contributed by atoms with Crippen LogP contribution in [0.4, 0.5) is 5.69 Å². The number of hydrogen-bond donors (Lipinski definition) is 1. The van der Waals surface area contributed by atoms with Crippen LogP contribution >= 0.6 is 0 Å². The lowest BCUT2D eigenvalue weighted by Crippen LogP contribution is -2.04. The smallest absolute Gasteiger partial charge is 0.159 e. The first-order valence-electron chi connectivity index (χ1n) is 10.1. The van der Waals surface area contributed by atoms with Crippen molar-refractivity contribution >= 4 is 22.5 Å². The summed E-state index contributed by atoms with van der Waals surface area (Å²) >= 11 is 0. The molecule has 0 atom stereocenters. The van der Waals surface area contributed by atoms with E-state index in [1.54, 1.807) is 12.1 Å². The van der Waals surface area contributed by atoms with E-state index in [1.165, 1.54) is 6.92 Å². The van der Waals surface area contributed by atoms with E-state index in [-0.39, 0.29) is 5.78 Å². The van der Waals surface area contributed by atoms with Gasteiger partial charge in [0.05, 0.1) is 11.0 Å². The fourth-order valence-electron chi connectivity index (χ4n) is 3.49. The summed E-state index contributed by atoms with van der Waals surface area (Å²) in [5.74, 6) is 2.89. The van der Waals surface area contributed by atoms with Gasteiger partial charge in [-0.2, -0.15) is 0 Å². The molecule has 0 aliphatic rings. The maximum atomic E-state index is 11.6. The molecule has 4 aromatic rings. The molecular formula is C25H25N3O3. The monoisotopic (exact) mass is 415 g/mol. The lowest BCUT2D eigenvalue weighted by Gasteiger charge is -2.11. The lowest BCUT2D eigenvalue weighted by molar-refractivity contribution is 0.101. The number of aryl methyl sites for hydroxylation is 3. The average molecular weight is 415 g/mol. The van der Waals surface area contributed by atoms with Crippen LogP contribution in [0.5, 0.6) is 17.2 Å². The predicted octanol–water partition coefficient (Wildman–Crippen LogP) is 5.35. The van der Waals surface area contributed by atoms with Crippen molar-refractivity contribution in [3.8, 4) is 17.2 Å². The van der Waals surface area contributed by atoms with Crippen LogP contribution in [-0.2, 0) is 13.7 Å². The van der Waals surface area contributed by atoms with Crippen LogP contribution in [0.2, 0.25) is 0 Å². The van der Waals surface area contributed by atoms with E-state index < -0.39 is 0 Å². The number of nitrogens with zero attached hydrogens (tertiary/aromatic N) is 2. The number of aromatic nitrogens is 2. The molecule has 0 bridgehead atoms. The van der Waals surface area contributed by atoms with Crippen LogP contribution in [0.15, 0.2) is 54.6 Å². The number of nitrogen functional groups attached to an aromatic ring is 1. The van der Waals surface area contributed by atoms with Gasteiger partial charge in [0.15, 0.2) is 5.78 Å². The second-order valence-corrected chi connectivity index (χ2v) is 7.68. The van der Waals surface area contributed by atoms with Crippen molar-refractivity contribution in [2.24, 2.45) is 7.05 Å². The van der Waals surface area contributed by atoms with Crippen LogP contribution in [-0.4, -0.2) is 15.3 Å². The van der Waals surface area contributed by atoms with Gasteiger partial charge in [-0.1, -0.05) is 12.1 Å². The fourth-order valence-corrected chi connectivity index (χ4v) is 3.49. The Labute approximate surface area is 181 Å². The van der Waals surface area contributed by atoms with Crippen LogP contribution in [0, 0.1) is 13.8 Å². The molecule has 6 heteroatoms. The minimum absolute atomic E-state index is 0.00667. The summed E-state index contributed by atoms with van der Waals surface area (Å²) in [5.41, 5.74) is 11.2. The molecule has 2 N–H and O–H groups in total. The summed E-state index contributed by atoms with van der Waals surface area (Å²) in [6, 6.07) is 16.8. The summed E-state index contributed by atoms with van der Waals surface area (Å²) in [4.78, 5) is 16.2. The summed E-state index contributed by atoms with van der Waals surface area (Å²) in [7, 11) is 1.95. The molecule has 0 unspecified atom stereocenters. The Bertz CT molecular complexity index is 1270. The van der Waals surface area contributed by atoms with Gasteiger partial charge >= 0.3 is 0 Å². The highest BCUT2D eigenvalue weighted by Gasteiger charge is 2.11. The Balaban J connectivity index is 1.55. The molecule has 0 spiro atoms. The highest BCUT2D eigenvalue weighted by atomic mass is 16.5. The fraction of sp³-hybridized carbons (Fsp3) is 0.200. The molecule has 0 aliphatic carbocycles. The molecule has 0 aliphatic heterocycles. The minimum Gasteiger partial charge on any atom is -0.486 e. The van der Waals surface area contributed by atoms with E-state index >= 15 is 0 Å². The number of carbonyl (C=O) groups excluding carboxylic acids is 1. The van der Waals surface area contributed by atoms with E-state index in [4.69, 9.17) is 15.2 Å². The Morgan fingerprint density at radius 1 is 1.00 bits per heavy atom. The second-order valence-electron chi connectivity index (χ2n) is 7.68. The van der Waals surface area contributed by atoms with Gasteiger partial charge in [-0.3, -0.25) is 4.79 Å². The molecular weight excluding hydrogens is 390 g/mol. The number of carbonyl (C=O) groups is 1. The second kappa shape index (κ2) is 8.14. The summed E-state index contributed by atoms with van der Waals surface area (Å²) < 4.78 is 13.9. The zero-order valence-corrected chi connectivity index (χ0v) is 18.1. The van der Waals surface area contributed by atoms with Gasteiger partial charge < -0.3 is 19.8 Å². The van der Waals surface area contributed by atoms with Crippen LogP contribution < -0.4 is 15.2 Å². The molecule has 6 nitrogen and oxygen atoms in total. The largest absolute Gasteiger partial charge is 0.486 e. The van der Waals surface area contributed by atoms with Crippen LogP contribution in [0.3, 0.4) is 0 Å². The predicted molar refractivity (Wildman–Crippen MR) is 122 cm³/mol. The zero-order chi connectivity index (χ0) is 22.1. The summed E-state index contributed by atoms with van der Waals surface area (Å²) in [6.45, 7) is 5.77. The first-order chi connectivity index (χ1) is 14.8. The number of rotatable bonds is 6. The van der Waals surface area contributed by atoms with Gasteiger partial charge in [0.1, 0.15) is 29.7 Å². The molecule has 31 heavy (non-hydrogen) atoms. The Hall–Kier alpha value is -3.80. The van der Waals surface area contributed by atoms with Gasteiger partial charge in [0.25, 0.3) is 0 Å². The summed E-state index contributed by atoms with van der Waals surface area (Å²) in [5, 5.41) is 0. The molecule has 0 radical (unpaired) electrons. The lowest BCUT2D eigenvalue weighted by atomic mass is 10.1. The average Bonchev–Trinajstić information content (AvgIpc) is 3.06. The van der Waals surface area contributed by atoms with E-state index in [0.717, 1.165) is 45.2 Å². The van der Waals surface area contributed by atoms with E-state index in [0.29, 0.717) is 17.9 Å². The Morgan fingerprint density at radius 2 is 1.74 bits per heavy atom. The SMILES string of the molecule is CC(=O)c1cccc(OCc2nc3ccc(Oc4cc(C)c(N)c(C)c4)cc3n2C)c1. The summed E-state index contributed by atoms with van der Waals surface area (Å²) in [6.07, 6.45) is 0. The molecule has 3 aromatic carbocycles. The van der Waals surface area contributed by atoms with E-state index in [1.807, 2.05) is 67.9 Å². The molecule has 0 amide bonds. The Morgan fingerprint density at radius 3 is 2.45 bits per heavy atom. The number of benzene rings is 3. The normalized spacial score (nSPS) is 11.0.